The Balaban J connectivity index is 1.30. The Bertz CT molecular complexity index is 863. The molecule has 1 saturated heterocycles. The molecule has 0 aliphatic carbocycles. The second-order valence-corrected chi connectivity index (χ2v) is 7.54. The molecule has 4 rings (SSSR count). The number of nitrogens with zero attached hydrogens (tertiary/aromatic N) is 2. The summed E-state index contributed by atoms with van der Waals surface area (Å²) in [6.07, 6.45) is 0.0489. The van der Waals surface area contributed by atoms with Gasteiger partial charge >= 0.3 is 6.03 Å². The van der Waals surface area contributed by atoms with Crippen LogP contribution in [-0.2, 0) is 6.54 Å². The summed E-state index contributed by atoms with van der Waals surface area (Å²) >= 11 is 0. The molecule has 7 nitrogen and oxygen atoms in total. The van der Waals surface area contributed by atoms with Gasteiger partial charge in [-0.05, 0) is 43.7 Å². The van der Waals surface area contributed by atoms with E-state index in [4.69, 9.17) is 14.2 Å². The third-order valence-corrected chi connectivity index (χ3v) is 4.99. The minimum Gasteiger partial charge on any atom is -0.489 e. The lowest BCUT2D eigenvalue weighted by Crippen LogP contribution is -2.49. The zero-order valence-corrected chi connectivity index (χ0v) is 16.9. The first-order valence-corrected chi connectivity index (χ1v) is 10.0. The second kappa shape index (κ2) is 8.61. The number of amides is 2. The molecule has 0 saturated carbocycles. The van der Waals surface area contributed by atoms with Crippen molar-refractivity contribution in [3.63, 3.8) is 0 Å². The van der Waals surface area contributed by atoms with E-state index in [0.29, 0.717) is 24.5 Å². The Labute approximate surface area is 171 Å². The van der Waals surface area contributed by atoms with Gasteiger partial charge in [-0.3, -0.25) is 4.90 Å². The summed E-state index contributed by atoms with van der Waals surface area (Å²) in [6.45, 7) is 8.08. The zero-order valence-electron chi connectivity index (χ0n) is 16.9. The van der Waals surface area contributed by atoms with Crippen molar-refractivity contribution in [2.75, 3.05) is 38.3 Å². The van der Waals surface area contributed by atoms with Crippen molar-refractivity contribution >= 4 is 11.7 Å². The van der Waals surface area contributed by atoms with Crippen LogP contribution >= 0.6 is 0 Å². The SMILES string of the molecule is CC(C)Oc1ccccc1NC(=O)N1CCN(Cc2ccc3c(c2)OCO3)CC1. The van der Waals surface area contributed by atoms with Gasteiger partial charge < -0.3 is 24.4 Å². The minimum atomic E-state index is -0.0902. The van der Waals surface area contributed by atoms with Crippen molar-refractivity contribution in [2.24, 2.45) is 0 Å². The van der Waals surface area contributed by atoms with E-state index < -0.39 is 0 Å². The van der Waals surface area contributed by atoms with Crippen LogP contribution in [0.1, 0.15) is 19.4 Å². The number of nitrogens with one attached hydrogen (secondary N) is 1. The standard InChI is InChI=1S/C22H27N3O4/c1-16(2)29-19-6-4-3-5-18(19)23-22(26)25-11-9-24(10-12-25)14-17-7-8-20-21(13-17)28-15-27-20/h3-8,13,16H,9-12,14-15H2,1-2H3,(H,23,26). The molecule has 1 fully saturated rings. The summed E-state index contributed by atoms with van der Waals surface area (Å²) in [4.78, 5) is 16.9. The molecule has 2 aliphatic heterocycles. The molecule has 0 radical (unpaired) electrons. The van der Waals surface area contributed by atoms with Gasteiger partial charge in [0.2, 0.25) is 6.79 Å². The molecule has 2 heterocycles. The van der Waals surface area contributed by atoms with Crippen LogP contribution in [0.25, 0.3) is 0 Å². The molecule has 2 aromatic rings. The number of carbonyl (C=O) groups is 1. The van der Waals surface area contributed by atoms with Gasteiger partial charge in [0, 0.05) is 32.7 Å². The maximum atomic E-state index is 12.7. The molecule has 7 heteroatoms. The molecule has 0 atom stereocenters. The Morgan fingerprint density at radius 2 is 1.83 bits per heavy atom. The normalized spacial score (nSPS) is 16.2. The van der Waals surface area contributed by atoms with Gasteiger partial charge in [-0.15, -0.1) is 0 Å². The average molecular weight is 397 g/mol. The third-order valence-electron chi connectivity index (χ3n) is 4.99. The first kappa shape index (κ1) is 19.4. The number of fused-ring (bicyclic) bond motifs is 1. The number of ether oxygens (including phenoxy) is 3. The van der Waals surface area contributed by atoms with E-state index in [-0.39, 0.29) is 18.9 Å². The molecule has 0 unspecified atom stereocenters. The van der Waals surface area contributed by atoms with Crippen LogP contribution in [0, 0.1) is 0 Å². The number of anilines is 1. The van der Waals surface area contributed by atoms with Gasteiger partial charge in [-0.25, -0.2) is 4.79 Å². The number of benzene rings is 2. The average Bonchev–Trinajstić information content (AvgIpc) is 3.17. The van der Waals surface area contributed by atoms with Crippen LogP contribution in [0.5, 0.6) is 17.2 Å². The molecule has 2 amide bonds. The monoisotopic (exact) mass is 397 g/mol. The molecule has 2 aromatic carbocycles. The van der Waals surface area contributed by atoms with Crippen LogP contribution < -0.4 is 19.5 Å². The molecular weight excluding hydrogens is 370 g/mol. The fourth-order valence-electron chi connectivity index (χ4n) is 3.53. The molecule has 2 aliphatic rings. The van der Waals surface area contributed by atoms with Gasteiger partial charge in [-0.2, -0.15) is 0 Å². The van der Waals surface area contributed by atoms with Crippen molar-refractivity contribution in [1.82, 2.24) is 9.80 Å². The third kappa shape index (κ3) is 4.74. The Morgan fingerprint density at radius 3 is 2.62 bits per heavy atom. The van der Waals surface area contributed by atoms with Gasteiger partial charge in [-0.1, -0.05) is 18.2 Å². The molecule has 29 heavy (non-hydrogen) atoms. The predicted molar refractivity (Wildman–Crippen MR) is 111 cm³/mol. The van der Waals surface area contributed by atoms with E-state index in [9.17, 15) is 4.79 Å². The summed E-state index contributed by atoms with van der Waals surface area (Å²) in [5.41, 5.74) is 1.89. The van der Waals surface area contributed by atoms with Gasteiger partial charge in [0.25, 0.3) is 0 Å². The molecular formula is C22H27N3O4. The number of rotatable bonds is 5. The minimum absolute atomic E-state index is 0.0489. The predicted octanol–water partition coefficient (Wildman–Crippen LogP) is 3.55. The van der Waals surface area contributed by atoms with Crippen LogP contribution in [0.3, 0.4) is 0 Å². The highest BCUT2D eigenvalue weighted by Crippen LogP contribution is 2.33. The Kier molecular flexibility index (Phi) is 5.76. The van der Waals surface area contributed by atoms with Crippen molar-refractivity contribution in [3.05, 3.63) is 48.0 Å². The van der Waals surface area contributed by atoms with E-state index in [1.54, 1.807) is 0 Å². The topological polar surface area (TPSA) is 63.3 Å². The van der Waals surface area contributed by atoms with Crippen molar-refractivity contribution < 1.29 is 19.0 Å². The summed E-state index contributed by atoms with van der Waals surface area (Å²) in [5.74, 6) is 2.30. The number of para-hydroxylation sites is 2. The summed E-state index contributed by atoms with van der Waals surface area (Å²) in [7, 11) is 0. The maximum Gasteiger partial charge on any atom is 0.322 e. The summed E-state index contributed by atoms with van der Waals surface area (Å²) < 4.78 is 16.6. The fourth-order valence-corrected chi connectivity index (χ4v) is 3.53. The maximum absolute atomic E-state index is 12.7. The van der Waals surface area contributed by atoms with E-state index in [0.717, 1.165) is 31.1 Å². The first-order valence-electron chi connectivity index (χ1n) is 10.0. The molecule has 1 N–H and O–H groups in total. The highest BCUT2D eigenvalue weighted by atomic mass is 16.7. The number of carbonyl (C=O) groups excluding carboxylic acids is 1. The van der Waals surface area contributed by atoms with E-state index in [1.165, 1.54) is 5.56 Å². The number of hydrogen-bond acceptors (Lipinski definition) is 5. The molecule has 0 spiro atoms. The van der Waals surface area contributed by atoms with Crippen LogP contribution in [-0.4, -0.2) is 54.9 Å². The van der Waals surface area contributed by atoms with Crippen molar-refractivity contribution in [1.29, 1.82) is 0 Å². The van der Waals surface area contributed by atoms with Gasteiger partial charge in [0.1, 0.15) is 5.75 Å². The summed E-state index contributed by atoms with van der Waals surface area (Å²) in [5, 5.41) is 2.99. The van der Waals surface area contributed by atoms with Gasteiger partial charge in [0.15, 0.2) is 11.5 Å². The molecule has 0 bridgehead atoms. The lowest BCUT2D eigenvalue weighted by atomic mass is 10.1. The lowest BCUT2D eigenvalue weighted by Gasteiger charge is -2.34. The number of hydrogen-bond donors (Lipinski definition) is 1. The van der Waals surface area contributed by atoms with E-state index >= 15 is 0 Å². The van der Waals surface area contributed by atoms with Crippen molar-refractivity contribution in [2.45, 2.75) is 26.5 Å². The number of urea groups is 1. The van der Waals surface area contributed by atoms with Crippen LogP contribution in [0.15, 0.2) is 42.5 Å². The highest BCUT2D eigenvalue weighted by Gasteiger charge is 2.23. The van der Waals surface area contributed by atoms with Crippen molar-refractivity contribution in [3.8, 4) is 17.2 Å². The first-order chi connectivity index (χ1) is 14.1. The summed E-state index contributed by atoms with van der Waals surface area (Å²) in [6, 6.07) is 13.5. The Hall–Kier alpha value is -2.93. The lowest BCUT2D eigenvalue weighted by molar-refractivity contribution is 0.142. The van der Waals surface area contributed by atoms with Gasteiger partial charge in [0.05, 0.1) is 11.8 Å². The largest absolute Gasteiger partial charge is 0.489 e. The fraction of sp³-hybridized carbons (Fsp3) is 0.409. The van der Waals surface area contributed by atoms with E-state index in [2.05, 4.69) is 16.3 Å². The zero-order chi connectivity index (χ0) is 20.2. The number of piperazine rings is 1. The molecule has 154 valence electrons. The van der Waals surface area contributed by atoms with Crippen LogP contribution in [0.4, 0.5) is 10.5 Å². The van der Waals surface area contributed by atoms with Crippen LogP contribution in [0.2, 0.25) is 0 Å². The second-order valence-electron chi connectivity index (χ2n) is 7.54. The quantitative estimate of drug-likeness (QED) is 0.836. The Morgan fingerprint density at radius 1 is 1.07 bits per heavy atom. The highest BCUT2D eigenvalue weighted by molar-refractivity contribution is 5.91. The molecule has 0 aromatic heterocycles. The van der Waals surface area contributed by atoms with E-state index in [1.807, 2.05) is 55.1 Å². The smallest absolute Gasteiger partial charge is 0.322 e.